The van der Waals surface area contributed by atoms with Crippen molar-refractivity contribution in [3.63, 3.8) is 0 Å². The molecule has 1 aliphatic heterocycles. The van der Waals surface area contributed by atoms with E-state index in [0.717, 1.165) is 23.8 Å². The van der Waals surface area contributed by atoms with Gasteiger partial charge in [0.2, 0.25) is 0 Å². The van der Waals surface area contributed by atoms with Gasteiger partial charge in [-0.1, -0.05) is 60.7 Å². The second-order valence-electron chi connectivity index (χ2n) is 7.63. The van der Waals surface area contributed by atoms with E-state index < -0.39 is 28.8 Å². The monoisotopic (exact) mass is 410 g/mol. The Bertz CT molecular complexity index is 960. The number of aliphatic hydroxyl groups is 4. The second kappa shape index (κ2) is 8.86. The first-order valence-electron chi connectivity index (χ1n) is 9.94. The van der Waals surface area contributed by atoms with Gasteiger partial charge in [0, 0.05) is 0 Å². The number of fused-ring (bicyclic) bond motifs is 1. The summed E-state index contributed by atoms with van der Waals surface area (Å²) in [7, 11) is 0. The van der Waals surface area contributed by atoms with Crippen molar-refractivity contribution in [2.24, 2.45) is 0 Å². The van der Waals surface area contributed by atoms with Gasteiger partial charge in [-0.05, 0) is 46.4 Å². The Hall–Kier alpha value is -1.89. The summed E-state index contributed by atoms with van der Waals surface area (Å²) < 4.78 is 0. The van der Waals surface area contributed by atoms with Crippen LogP contribution in [0, 0.1) is 0 Å². The van der Waals surface area contributed by atoms with Gasteiger partial charge in [0.25, 0.3) is 0 Å². The molecule has 1 aliphatic rings. The van der Waals surface area contributed by atoms with Crippen molar-refractivity contribution < 1.29 is 20.4 Å². The average Bonchev–Trinajstić information content (AvgIpc) is 2.76. The highest BCUT2D eigenvalue weighted by Crippen LogP contribution is 2.43. The highest BCUT2D eigenvalue weighted by molar-refractivity contribution is 8.00. The number of aryl methyl sites for hydroxylation is 2. The third-order valence-corrected chi connectivity index (χ3v) is 7.36. The molecule has 4 nitrogen and oxygen atoms in total. The minimum absolute atomic E-state index is 0.247. The molecule has 4 rings (SSSR count). The lowest BCUT2D eigenvalue weighted by atomic mass is 9.93. The molecule has 3 aromatic carbocycles. The molecule has 5 heteroatoms. The summed E-state index contributed by atoms with van der Waals surface area (Å²) in [6.07, 6.45) is -1.58. The van der Waals surface area contributed by atoms with Crippen LogP contribution in [0.5, 0.6) is 0 Å². The second-order valence-corrected chi connectivity index (χ2v) is 9.02. The molecule has 4 N–H and O–H groups in total. The maximum Gasteiger partial charge on any atom is 0.108 e. The molecule has 0 spiro atoms. The van der Waals surface area contributed by atoms with Crippen molar-refractivity contribution >= 4 is 22.5 Å². The Kier molecular flexibility index (Phi) is 6.23. The molecule has 1 heterocycles. The number of aliphatic hydroxyl groups excluding tert-OH is 4. The molecule has 0 unspecified atom stereocenters. The van der Waals surface area contributed by atoms with Crippen molar-refractivity contribution in [1.29, 1.82) is 0 Å². The molecule has 0 bridgehead atoms. The van der Waals surface area contributed by atoms with Crippen LogP contribution in [0.25, 0.3) is 10.8 Å². The molecule has 152 valence electrons. The van der Waals surface area contributed by atoms with Crippen LogP contribution in [0.4, 0.5) is 0 Å². The Morgan fingerprint density at radius 1 is 0.759 bits per heavy atom. The molecule has 0 amide bonds. The lowest BCUT2D eigenvalue weighted by molar-refractivity contribution is -0.0700. The Morgan fingerprint density at radius 3 is 2.31 bits per heavy atom. The minimum Gasteiger partial charge on any atom is -0.395 e. The molecule has 1 fully saturated rings. The zero-order chi connectivity index (χ0) is 20.4. The topological polar surface area (TPSA) is 80.9 Å². The zero-order valence-electron chi connectivity index (χ0n) is 16.1. The highest BCUT2D eigenvalue weighted by Gasteiger charge is 2.43. The molecule has 1 saturated heterocycles. The van der Waals surface area contributed by atoms with E-state index in [4.69, 9.17) is 0 Å². The first-order valence-corrected chi connectivity index (χ1v) is 10.9. The van der Waals surface area contributed by atoms with Crippen molar-refractivity contribution in [1.82, 2.24) is 0 Å². The number of hydrogen-bond acceptors (Lipinski definition) is 5. The van der Waals surface area contributed by atoms with E-state index in [1.165, 1.54) is 28.3 Å². The minimum atomic E-state index is -1.27. The summed E-state index contributed by atoms with van der Waals surface area (Å²) >= 11 is 1.31. The average molecular weight is 411 g/mol. The molecule has 0 aliphatic carbocycles. The van der Waals surface area contributed by atoms with Crippen LogP contribution in [0.1, 0.15) is 21.9 Å². The zero-order valence-corrected chi connectivity index (χ0v) is 16.9. The predicted molar refractivity (Wildman–Crippen MR) is 117 cm³/mol. The molecule has 3 aromatic rings. The third kappa shape index (κ3) is 4.20. The number of hydrogen-bond donors (Lipinski definition) is 4. The van der Waals surface area contributed by atoms with Crippen LogP contribution < -0.4 is 0 Å². The van der Waals surface area contributed by atoms with Crippen molar-refractivity contribution in [3.05, 3.63) is 83.4 Å². The van der Waals surface area contributed by atoms with Gasteiger partial charge in [-0.25, -0.2) is 0 Å². The first kappa shape index (κ1) is 20.4. The number of rotatable bonds is 5. The van der Waals surface area contributed by atoms with Crippen molar-refractivity contribution in [2.45, 2.75) is 41.7 Å². The standard InChI is InChI=1S/C24H26O4S/c25-14-20-21(26)22(27)23(28)24(29-20)18-11-12-19-16(7-4-8-17(19)13-18)10-9-15-5-2-1-3-6-15/h1-8,11-13,20-28H,9-10,14H2/t20-,21-,22+,23-,24+/m1/s1. The van der Waals surface area contributed by atoms with Gasteiger partial charge in [0.1, 0.15) is 6.10 Å². The quantitative estimate of drug-likeness (QED) is 0.520. The van der Waals surface area contributed by atoms with E-state index in [-0.39, 0.29) is 6.61 Å². The Balaban J connectivity index is 1.60. The van der Waals surface area contributed by atoms with Crippen LogP contribution in [-0.2, 0) is 12.8 Å². The maximum atomic E-state index is 10.5. The fourth-order valence-corrected chi connectivity index (χ4v) is 5.48. The lowest BCUT2D eigenvalue weighted by Crippen LogP contribution is -2.51. The van der Waals surface area contributed by atoms with E-state index in [0.29, 0.717) is 0 Å². The normalized spacial score (nSPS) is 27.2. The largest absolute Gasteiger partial charge is 0.395 e. The SMILES string of the molecule is OC[C@H]1S[C@@H](c2ccc3c(CCc4ccccc4)cccc3c2)[C@H](O)[C@@H](O)[C@@H]1O. The summed E-state index contributed by atoms with van der Waals surface area (Å²) in [6, 6.07) is 22.8. The van der Waals surface area contributed by atoms with Crippen LogP contribution in [0.2, 0.25) is 0 Å². The van der Waals surface area contributed by atoms with Gasteiger partial charge in [0.05, 0.1) is 29.3 Å². The molecule has 29 heavy (non-hydrogen) atoms. The first-order chi connectivity index (χ1) is 14.1. The fraction of sp³-hybridized carbons (Fsp3) is 0.333. The van der Waals surface area contributed by atoms with Crippen molar-refractivity contribution in [2.75, 3.05) is 6.61 Å². The van der Waals surface area contributed by atoms with Crippen LogP contribution >= 0.6 is 11.8 Å². The van der Waals surface area contributed by atoms with E-state index in [1.807, 2.05) is 24.3 Å². The smallest absolute Gasteiger partial charge is 0.108 e. The van der Waals surface area contributed by atoms with Crippen molar-refractivity contribution in [3.8, 4) is 0 Å². The molecule has 5 atom stereocenters. The van der Waals surface area contributed by atoms with Gasteiger partial charge >= 0.3 is 0 Å². The van der Waals surface area contributed by atoms with E-state index in [9.17, 15) is 20.4 Å². The summed E-state index contributed by atoms with van der Waals surface area (Å²) in [5, 5.41) is 41.6. The Morgan fingerprint density at radius 2 is 1.55 bits per heavy atom. The molecule has 0 saturated carbocycles. The molecule has 0 aromatic heterocycles. The van der Waals surface area contributed by atoms with Gasteiger partial charge in [-0.15, -0.1) is 11.8 Å². The number of thioether (sulfide) groups is 1. The summed E-state index contributed by atoms with van der Waals surface area (Å²) in [5.41, 5.74) is 3.48. The lowest BCUT2D eigenvalue weighted by Gasteiger charge is -2.39. The van der Waals surface area contributed by atoms with Crippen LogP contribution in [0.15, 0.2) is 66.7 Å². The van der Waals surface area contributed by atoms with Crippen LogP contribution in [0.3, 0.4) is 0 Å². The summed E-state index contributed by atoms with van der Waals surface area (Å²) in [4.78, 5) is 0. The molecular formula is C24H26O4S. The van der Waals surface area contributed by atoms with E-state index in [2.05, 4.69) is 42.5 Å². The van der Waals surface area contributed by atoms with Gasteiger partial charge in [0.15, 0.2) is 0 Å². The fourth-order valence-electron chi connectivity index (χ4n) is 4.07. The van der Waals surface area contributed by atoms with E-state index in [1.54, 1.807) is 0 Å². The van der Waals surface area contributed by atoms with E-state index >= 15 is 0 Å². The van der Waals surface area contributed by atoms with Gasteiger partial charge < -0.3 is 20.4 Å². The predicted octanol–water partition coefficient (Wildman–Crippen LogP) is 2.86. The molecule has 0 radical (unpaired) electrons. The third-order valence-electron chi connectivity index (χ3n) is 5.74. The maximum absolute atomic E-state index is 10.5. The van der Waals surface area contributed by atoms with Gasteiger partial charge in [-0.2, -0.15) is 0 Å². The molecular weight excluding hydrogens is 384 g/mol. The number of benzene rings is 3. The Labute approximate surface area is 174 Å². The van der Waals surface area contributed by atoms with Gasteiger partial charge in [-0.3, -0.25) is 0 Å². The highest BCUT2D eigenvalue weighted by atomic mass is 32.2. The summed E-state index contributed by atoms with van der Waals surface area (Å²) in [6.45, 7) is -0.247. The summed E-state index contributed by atoms with van der Waals surface area (Å²) in [5.74, 6) is 0. The van der Waals surface area contributed by atoms with Crippen LogP contribution in [-0.4, -0.2) is 50.6 Å².